The van der Waals surface area contributed by atoms with Gasteiger partial charge < -0.3 is 5.32 Å². The van der Waals surface area contributed by atoms with E-state index in [1.165, 1.54) is 21.7 Å². The fourth-order valence-electron chi connectivity index (χ4n) is 2.04. The fraction of sp³-hybridized carbons (Fsp3) is 0.333. The lowest BCUT2D eigenvalue weighted by molar-refractivity contribution is 0.590. The maximum atomic E-state index is 3.46. The monoisotopic (exact) mass is 285 g/mol. The molecule has 2 aromatic carbocycles. The number of nitrogens with one attached hydrogen (secondary N) is 1. The van der Waals surface area contributed by atoms with Crippen molar-refractivity contribution in [2.45, 2.75) is 37.6 Å². The highest BCUT2D eigenvalue weighted by atomic mass is 32.2. The average molecular weight is 285 g/mol. The van der Waals surface area contributed by atoms with Gasteiger partial charge in [-0.05, 0) is 47.1 Å². The highest BCUT2D eigenvalue weighted by molar-refractivity contribution is 7.98. The van der Waals surface area contributed by atoms with Gasteiger partial charge in [-0.25, -0.2) is 0 Å². The molecule has 0 radical (unpaired) electrons. The van der Waals surface area contributed by atoms with E-state index in [0.29, 0.717) is 0 Å². The molecule has 0 aliphatic heterocycles. The summed E-state index contributed by atoms with van der Waals surface area (Å²) in [4.78, 5) is 1.30. The van der Waals surface area contributed by atoms with Gasteiger partial charge in [-0.3, -0.25) is 0 Å². The minimum absolute atomic E-state index is 0.222. The fourth-order valence-corrected chi connectivity index (χ4v) is 2.44. The van der Waals surface area contributed by atoms with Crippen LogP contribution < -0.4 is 5.32 Å². The topological polar surface area (TPSA) is 12.0 Å². The first-order chi connectivity index (χ1) is 9.49. The first kappa shape index (κ1) is 15.0. The third kappa shape index (κ3) is 4.04. The molecule has 0 bridgehead atoms. The summed E-state index contributed by atoms with van der Waals surface area (Å²) in [6.45, 7) is 7.59. The van der Waals surface area contributed by atoms with E-state index in [1.54, 1.807) is 11.8 Å². The van der Waals surface area contributed by atoms with Crippen LogP contribution in [0.15, 0.2) is 53.4 Å². The molecule has 0 aliphatic carbocycles. The van der Waals surface area contributed by atoms with E-state index in [1.807, 2.05) is 0 Å². The molecule has 0 heterocycles. The average Bonchev–Trinajstić information content (AvgIpc) is 2.45. The molecule has 0 fully saturated rings. The number of thioether (sulfide) groups is 1. The summed E-state index contributed by atoms with van der Waals surface area (Å²) in [5, 5.41) is 3.46. The van der Waals surface area contributed by atoms with Crippen molar-refractivity contribution in [2.75, 3.05) is 11.6 Å². The van der Waals surface area contributed by atoms with Crippen molar-refractivity contribution in [1.29, 1.82) is 0 Å². The van der Waals surface area contributed by atoms with E-state index in [-0.39, 0.29) is 5.41 Å². The quantitative estimate of drug-likeness (QED) is 0.763. The second-order valence-electron chi connectivity index (χ2n) is 6.03. The Hall–Kier alpha value is -1.41. The van der Waals surface area contributed by atoms with Crippen molar-refractivity contribution >= 4 is 17.4 Å². The Kier molecular flexibility index (Phi) is 4.77. The Morgan fingerprint density at radius 2 is 1.50 bits per heavy atom. The summed E-state index contributed by atoms with van der Waals surface area (Å²) >= 11 is 1.77. The maximum absolute atomic E-state index is 3.46. The van der Waals surface area contributed by atoms with Crippen LogP contribution in [0.1, 0.15) is 31.9 Å². The van der Waals surface area contributed by atoms with Crippen LogP contribution in [-0.4, -0.2) is 6.26 Å². The van der Waals surface area contributed by atoms with E-state index in [2.05, 4.69) is 80.9 Å². The molecule has 106 valence electrons. The van der Waals surface area contributed by atoms with Gasteiger partial charge in [0.15, 0.2) is 0 Å². The van der Waals surface area contributed by atoms with Crippen molar-refractivity contribution in [3.63, 3.8) is 0 Å². The molecule has 0 spiro atoms. The molecule has 2 heteroatoms. The lowest BCUT2D eigenvalue weighted by Crippen LogP contribution is -2.11. The van der Waals surface area contributed by atoms with E-state index in [4.69, 9.17) is 0 Å². The van der Waals surface area contributed by atoms with Crippen LogP contribution in [0.4, 0.5) is 5.69 Å². The van der Waals surface area contributed by atoms with E-state index in [0.717, 1.165) is 6.54 Å². The third-order valence-corrected chi connectivity index (χ3v) is 4.15. The first-order valence-electron chi connectivity index (χ1n) is 6.96. The SMILES string of the molecule is CSc1ccc(NCc2ccc(C(C)(C)C)cc2)cc1. The molecular formula is C18H23NS. The molecule has 0 unspecified atom stereocenters. The van der Waals surface area contributed by atoms with Gasteiger partial charge in [0.25, 0.3) is 0 Å². The van der Waals surface area contributed by atoms with Crippen molar-refractivity contribution in [3.8, 4) is 0 Å². The van der Waals surface area contributed by atoms with Gasteiger partial charge in [0.05, 0.1) is 0 Å². The maximum Gasteiger partial charge on any atom is 0.0400 e. The summed E-state index contributed by atoms with van der Waals surface area (Å²) in [6.07, 6.45) is 2.10. The molecule has 0 aromatic heterocycles. The Morgan fingerprint density at radius 3 is 2.00 bits per heavy atom. The van der Waals surface area contributed by atoms with Crippen LogP contribution >= 0.6 is 11.8 Å². The summed E-state index contributed by atoms with van der Waals surface area (Å²) < 4.78 is 0. The minimum Gasteiger partial charge on any atom is -0.381 e. The number of hydrogen-bond acceptors (Lipinski definition) is 2. The predicted molar refractivity (Wildman–Crippen MR) is 90.7 cm³/mol. The van der Waals surface area contributed by atoms with Gasteiger partial charge in [-0.2, -0.15) is 0 Å². The van der Waals surface area contributed by atoms with Gasteiger partial charge >= 0.3 is 0 Å². The van der Waals surface area contributed by atoms with E-state index < -0.39 is 0 Å². The first-order valence-corrected chi connectivity index (χ1v) is 8.19. The van der Waals surface area contributed by atoms with Crippen molar-refractivity contribution in [3.05, 3.63) is 59.7 Å². The summed E-state index contributed by atoms with van der Waals surface area (Å²) in [6, 6.07) is 17.4. The van der Waals surface area contributed by atoms with E-state index in [9.17, 15) is 0 Å². The highest BCUT2D eigenvalue weighted by Crippen LogP contribution is 2.22. The van der Waals surface area contributed by atoms with Crippen molar-refractivity contribution in [1.82, 2.24) is 0 Å². The highest BCUT2D eigenvalue weighted by Gasteiger charge is 2.12. The van der Waals surface area contributed by atoms with Crippen LogP contribution in [0.5, 0.6) is 0 Å². The molecule has 1 N–H and O–H groups in total. The number of hydrogen-bond donors (Lipinski definition) is 1. The van der Waals surface area contributed by atoms with Gasteiger partial charge in [-0.15, -0.1) is 11.8 Å². The molecule has 0 saturated carbocycles. The molecule has 1 nitrogen and oxygen atoms in total. The van der Waals surface area contributed by atoms with Crippen molar-refractivity contribution in [2.24, 2.45) is 0 Å². The molecule has 20 heavy (non-hydrogen) atoms. The Bertz CT molecular complexity index is 535. The molecule has 2 rings (SSSR count). The third-order valence-electron chi connectivity index (χ3n) is 3.41. The lowest BCUT2D eigenvalue weighted by atomic mass is 9.87. The number of anilines is 1. The van der Waals surface area contributed by atoms with Crippen LogP contribution in [0, 0.1) is 0 Å². The zero-order chi connectivity index (χ0) is 14.6. The Balaban J connectivity index is 1.96. The zero-order valence-electron chi connectivity index (χ0n) is 12.7. The second kappa shape index (κ2) is 6.36. The Morgan fingerprint density at radius 1 is 0.900 bits per heavy atom. The molecule has 2 aromatic rings. The van der Waals surface area contributed by atoms with Crippen LogP contribution in [0.3, 0.4) is 0 Å². The number of benzene rings is 2. The van der Waals surface area contributed by atoms with Crippen LogP contribution in [-0.2, 0) is 12.0 Å². The lowest BCUT2D eigenvalue weighted by Gasteiger charge is -2.19. The number of rotatable bonds is 4. The molecule has 0 aliphatic rings. The van der Waals surface area contributed by atoms with Crippen molar-refractivity contribution < 1.29 is 0 Å². The van der Waals surface area contributed by atoms with Gasteiger partial charge in [0.1, 0.15) is 0 Å². The van der Waals surface area contributed by atoms with E-state index >= 15 is 0 Å². The summed E-state index contributed by atoms with van der Waals surface area (Å²) in [7, 11) is 0. The standard InChI is InChI=1S/C18H23NS/c1-18(2,3)15-7-5-14(6-8-15)13-19-16-9-11-17(20-4)12-10-16/h5-12,19H,13H2,1-4H3. The van der Waals surface area contributed by atoms with Gasteiger partial charge in [-0.1, -0.05) is 45.0 Å². The Labute approximate surface area is 126 Å². The molecule has 0 amide bonds. The normalized spacial score (nSPS) is 11.4. The molecule has 0 saturated heterocycles. The molecular weight excluding hydrogens is 262 g/mol. The second-order valence-corrected chi connectivity index (χ2v) is 6.91. The smallest absolute Gasteiger partial charge is 0.0400 e. The van der Waals surface area contributed by atoms with Gasteiger partial charge in [0.2, 0.25) is 0 Å². The minimum atomic E-state index is 0.222. The molecule has 0 atom stereocenters. The summed E-state index contributed by atoms with van der Waals surface area (Å²) in [5.74, 6) is 0. The summed E-state index contributed by atoms with van der Waals surface area (Å²) in [5.41, 5.74) is 4.08. The zero-order valence-corrected chi connectivity index (χ0v) is 13.6. The van der Waals surface area contributed by atoms with Crippen LogP contribution in [0.25, 0.3) is 0 Å². The predicted octanol–water partition coefficient (Wildman–Crippen LogP) is 5.32. The largest absolute Gasteiger partial charge is 0.381 e. The van der Waals surface area contributed by atoms with Crippen LogP contribution in [0.2, 0.25) is 0 Å². The van der Waals surface area contributed by atoms with Gasteiger partial charge in [0, 0.05) is 17.1 Å².